The molecule has 0 spiro atoms. The number of rotatable bonds is 4. The van der Waals surface area contributed by atoms with Crippen LogP contribution in [0.3, 0.4) is 0 Å². The molecule has 96 valence electrons. The van der Waals surface area contributed by atoms with E-state index in [-0.39, 0.29) is 0 Å². The lowest BCUT2D eigenvalue weighted by atomic mass is 10.1. The fourth-order valence-corrected chi connectivity index (χ4v) is 1.77. The van der Waals surface area contributed by atoms with E-state index in [9.17, 15) is 0 Å². The molecule has 3 rings (SSSR count). The molecule has 3 aromatic rings. The summed E-state index contributed by atoms with van der Waals surface area (Å²) in [6.45, 7) is 1.84. The zero-order valence-electron chi connectivity index (χ0n) is 10.4. The Balaban J connectivity index is 1.71. The maximum atomic E-state index is 5.22. The minimum absolute atomic E-state index is 0.444. The summed E-state index contributed by atoms with van der Waals surface area (Å²) in [5, 5.41) is 3.90. The first kappa shape index (κ1) is 11.6. The van der Waals surface area contributed by atoms with Gasteiger partial charge in [-0.1, -0.05) is 5.16 Å². The number of pyridine rings is 1. The third kappa shape index (κ3) is 2.52. The van der Waals surface area contributed by atoms with Crippen molar-refractivity contribution in [2.24, 2.45) is 0 Å². The van der Waals surface area contributed by atoms with Crippen LogP contribution >= 0.6 is 0 Å². The molecule has 0 N–H and O–H groups in total. The van der Waals surface area contributed by atoms with Crippen molar-refractivity contribution < 1.29 is 8.94 Å². The molecule has 0 aliphatic carbocycles. The Bertz CT molecular complexity index is 660. The number of hydrogen-bond acceptors (Lipinski definition) is 6. The molecule has 0 aliphatic heterocycles. The second-order valence-corrected chi connectivity index (χ2v) is 4.13. The van der Waals surface area contributed by atoms with Gasteiger partial charge in [0.25, 0.3) is 0 Å². The highest BCUT2D eigenvalue weighted by Crippen LogP contribution is 2.19. The molecule has 0 saturated carbocycles. The quantitative estimate of drug-likeness (QED) is 0.712. The summed E-state index contributed by atoms with van der Waals surface area (Å²) < 4.78 is 10.4. The van der Waals surface area contributed by atoms with Gasteiger partial charge in [-0.2, -0.15) is 4.98 Å². The molecule has 0 atom stereocenters. The van der Waals surface area contributed by atoms with Crippen LogP contribution in [-0.4, -0.2) is 20.1 Å². The summed E-state index contributed by atoms with van der Waals surface area (Å²) >= 11 is 0. The van der Waals surface area contributed by atoms with Crippen molar-refractivity contribution in [3.8, 4) is 11.6 Å². The Kier molecular flexibility index (Phi) is 3.06. The molecule has 0 bridgehead atoms. The standard InChI is InChI=1S/C13H12N4O2/c1-9-12(18-8-15-9)13-16-11(19-17-13)3-2-10-4-6-14-7-5-10/h4-8H,2-3H2,1H3. The van der Waals surface area contributed by atoms with Gasteiger partial charge in [-0.3, -0.25) is 4.98 Å². The van der Waals surface area contributed by atoms with E-state index < -0.39 is 0 Å². The van der Waals surface area contributed by atoms with Crippen LogP contribution in [0.2, 0.25) is 0 Å². The van der Waals surface area contributed by atoms with E-state index in [1.807, 2.05) is 19.1 Å². The molecule has 19 heavy (non-hydrogen) atoms. The van der Waals surface area contributed by atoms with Crippen LogP contribution in [0.5, 0.6) is 0 Å². The topological polar surface area (TPSA) is 77.8 Å². The highest BCUT2D eigenvalue weighted by molar-refractivity contribution is 5.48. The predicted molar refractivity (Wildman–Crippen MR) is 66.2 cm³/mol. The Morgan fingerprint density at radius 3 is 2.74 bits per heavy atom. The van der Waals surface area contributed by atoms with Gasteiger partial charge in [-0.05, 0) is 31.0 Å². The molecule has 0 amide bonds. The van der Waals surface area contributed by atoms with Crippen molar-refractivity contribution in [1.82, 2.24) is 20.1 Å². The molecule has 0 unspecified atom stereocenters. The normalized spacial score (nSPS) is 10.8. The molecule has 0 aliphatic rings. The molecular formula is C13H12N4O2. The summed E-state index contributed by atoms with van der Waals surface area (Å²) in [4.78, 5) is 12.3. The molecule has 6 nitrogen and oxygen atoms in total. The van der Waals surface area contributed by atoms with E-state index in [4.69, 9.17) is 8.94 Å². The first-order valence-corrected chi connectivity index (χ1v) is 5.95. The summed E-state index contributed by atoms with van der Waals surface area (Å²) in [6, 6.07) is 3.94. The van der Waals surface area contributed by atoms with Crippen molar-refractivity contribution in [2.75, 3.05) is 0 Å². The monoisotopic (exact) mass is 256 g/mol. The van der Waals surface area contributed by atoms with Crippen LogP contribution < -0.4 is 0 Å². The van der Waals surface area contributed by atoms with Crippen molar-refractivity contribution in [3.05, 3.63) is 48.1 Å². The molecule has 3 aromatic heterocycles. The third-order valence-electron chi connectivity index (χ3n) is 2.79. The minimum Gasteiger partial charge on any atom is -0.440 e. The van der Waals surface area contributed by atoms with Gasteiger partial charge in [-0.15, -0.1) is 0 Å². The van der Waals surface area contributed by atoms with Crippen molar-refractivity contribution in [3.63, 3.8) is 0 Å². The van der Waals surface area contributed by atoms with Gasteiger partial charge in [0.1, 0.15) is 0 Å². The van der Waals surface area contributed by atoms with Crippen molar-refractivity contribution >= 4 is 0 Å². The highest BCUT2D eigenvalue weighted by atomic mass is 16.5. The van der Waals surface area contributed by atoms with Gasteiger partial charge < -0.3 is 8.94 Å². The number of oxazole rings is 1. The Labute approximate surface area is 109 Å². The molecule has 0 saturated heterocycles. The van der Waals surface area contributed by atoms with Crippen LogP contribution in [0, 0.1) is 6.92 Å². The van der Waals surface area contributed by atoms with Gasteiger partial charge in [0, 0.05) is 18.8 Å². The lowest BCUT2D eigenvalue weighted by Crippen LogP contribution is -1.91. The van der Waals surface area contributed by atoms with E-state index in [1.165, 1.54) is 12.0 Å². The summed E-state index contributed by atoms with van der Waals surface area (Å²) in [6.07, 6.45) is 6.43. The second-order valence-electron chi connectivity index (χ2n) is 4.13. The molecule has 0 fully saturated rings. The van der Waals surface area contributed by atoms with E-state index in [1.54, 1.807) is 12.4 Å². The van der Waals surface area contributed by atoms with E-state index in [2.05, 4.69) is 20.1 Å². The van der Waals surface area contributed by atoms with Crippen LogP contribution in [0.15, 0.2) is 39.9 Å². The van der Waals surface area contributed by atoms with Gasteiger partial charge in [0.05, 0.1) is 5.69 Å². The third-order valence-corrected chi connectivity index (χ3v) is 2.79. The lowest BCUT2D eigenvalue weighted by molar-refractivity contribution is 0.377. The van der Waals surface area contributed by atoms with Gasteiger partial charge in [0.2, 0.25) is 11.7 Å². The number of aryl methyl sites for hydroxylation is 3. The average molecular weight is 256 g/mol. The molecule has 3 heterocycles. The van der Waals surface area contributed by atoms with Crippen molar-refractivity contribution in [1.29, 1.82) is 0 Å². The van der Waals surface area contributed by atoms with Crippen molar-refractivity contribution in [2.45, 2.75) is 19.8 Å². The smallest absolute Gasteiger partial charge is 0.240 e. The Morgan fingerprint density at radius 1 is 1.16 bits per heavy atom. The van der Waals surface area contributed by atoms with E-state index in [0.717, 1.165) is 12.1 Å². The number of hydrogen-bond donors (Lipinski definition) is 0. The Hall–Kier alpha value is -2.50. The zero-order valence-corrected chi connectivity index (χ0v) is 10.4. The number of aromatic nitrogens is 4. The Morgan fingerprint density at radius 2 is 2.00 bits per heavy atom. The molecule has 0 radical (unpaired) electrons. The summed E-state index contributed by atoms with van der Waals surface area (Å²) in [7, 11) is 0. The summed E-state index contributed by atoms with van der Waals surface area (Å²) in [5.41, 5.74) is 1.94. The zero-order chi connectivity index (χ0) is 13.1. The molecule has 6 heteroatoms. The molecular weight excluding hydrogens is 244 g/mol. The van der Waals surface area contributed by atoms with Gasteiger partial charge in [0.15, 0.2) is 12.2 Å². The van der Waals surface area contributed by atoms with E-state index in [0.29, 0.717) is 23.9 Å². The minimum atomic E-state index is 0.444. The first-order chi connectivity index (χ1) is 9.33. The van der Waals surface area contributed by atoms with Crippen LogP contribution in [0.4, 0.5) is 0 Å². The van der Waals surface area contributed by atoms with Crippen LogP contribution in [-0.2, 0) is 12.8 Å². The fourth-order valence-electron chi connectivity index (χ4n) is 1.77. The summed E-state index contributed by atoms with van der Waals surface area (Å²) in [5.74, 6) is 1.58. The van der Waals surface area contributed by atoms with E-state index >= 15 is 0 Å². The number of nitrogens with zero attached hydrogens (tertiary/aromatic N) is 4. The average Bonchev–Trinajstić information content (AvgIpc) is 3.06. The van der Waals surface area contributed by atoms with Crippen LogP contribution in [0.25, 0.3) is 11.6 Å². The maximum absolute atomic E-state index is 5.22. The predicted octanol–water partition coefficient (Wildman–Crippen LogP) is 2.21. The lowest BCUT2D eigenvalue weighted by Gasteiger charge is -1.95. The van der Waals surface area contributed by atoms with Gasteiger partial charge in [-0.25, -0.2) is 4.98 Å². The maximum Gasteiger partial charge on any atom is 0.240 e. The highest BCUT2D eigenvalue weighted by Gasteiger charge is 2.14. The fraction of sp³-hybridized carbons (Fsp3) is 0.231. The molecule has 0 aromatic carbocycles. The second kappa shape index (κ2) is 5.01. The van der Waals surface area contributed by atoms with Crippen LogP contribution in [0.1, 0.15) is 17.1 Å². The first-order valence-electron chi connectivity index (χ1n) is 5.95. The largest absolute Gasteiger partial charge is 0.440 e. The SMILES string of the molecule is Cc1ncoc1-c1noc(CCc2ccncc2)n1. The van der Waals surface area contributed by atoms with Gasteiger partial charge >= 0.3 is 0 Å².